The number of hydrogen-bond donors (Lipinski definition) is 0. The fourth-order valence-electron chi connectivity index (χ4n) is 1.21. The van der Waals surface area contributed by atoms with Crippen molar-refractivity contribution in [2.75, 3.05) is 5.75 Å². The highest BCUT2D eigenvalue weighted by atomic mass is 35.5. The molecule has 1 aromatic heterocycles. The molecule has 0 N–H and O–H groups in total. The molecule has 0 radical (unpaired) electrons. The number of thioether (sulfide) groups is 1. The Bertz CT molecular complexity index is 384. The number of carbonyl (C=O) groups excluding carboxylic acids is 1. The van der Waals surface area contributed by atoms with Crippen molar-refractivity contribution in [1.82, 2.24) is 4.98 Å². The van der Waals surface area contributed by atoms with E-state index in [0.717, 1.165) is 23.3 Å². The van der Waals surface area contributed by atoms with Crippen LogP contribution in [-0.4, -0.2) is 15.9 Å². The van der Waals surface area contributed by atoms with Crippen molar-refractivity contribution < 1.29 is 4.79 Å². The van der Waals surface area contributed by atoms with E-state index < -0.39 is 0 Å². The van der Waals surface area contributed by atoms with Crippen molar-refractivity contribution in [3.63, 3.8) is 0 Å². The monoisotopic (exact) mass is 255 g/mol. The van der Waals surface area contributed by atoms with E-state index in [4.69, 9.17) is 11.6 Å². The predicted molar refractivity (Wildman–Crippen MR) is 70.8 cm³/mol. The van der Waals surface area contributed by atoms with Gasteiger partial charge in [0.05, 0.1) is 0 Å². The smallest absolute Gasteiger partial charge is 0.185 e. The van der Waals surface area contributed by atoms with E-state index in [2.05, 4.69) is 4.98 Å². The average molecular weight is 256 g/mol. The topological polar surface area (TPSA) is 30.0 Å². The number of aromatic nitrogens is 1. The molecule has 1 heterocycles. The van der Waals surface area contributed by atoms with Crippen molar-refractivity contribution in [1.29, 1.82) is 0 Å². The van der Waals surface area contributed by atoms with Gasteiger partial charge in [-0.2, -0.15) is 0 Å². The highest BCUT2D eigenvalue weighted by Crippen LogP contribution is 2.18. The van der Waals surface area contributed by atoms with Gasteiger partial charge in [-0.15, -0.1) is 0 Å². The van der Waals surface area contributed by atoms with Crippen LogP contribution in [0.2, 0.25) is 5.15 Å². The van der Waals surface area contributed by atoms with E-state index in [0.29, 0.717) is 5.15 Å². The largest absolute Gasteiger partial charge is 0.288 e. The van der Waals surface area contributed by atoms with Crippen molar-refractivity contribution >= 4 is 34.6 Å². The second-order valence-corrected chi connectivity index (χ2v) is 4.99. The summed E-state index contributed by atoms with van der Waals surface area (Å²) in [6.07, 6.45) is 6.53. The van der Waals surface area contributed by atoms with Crippen LogP contribution in [-0.2, 0) is 4.79 Å². The van der Waals surface area contributed by atoms with Gasteiger partial charge in [-0.3, -0.25) is 4.79 Å². The molecule has 4 heteroatoms. The van der Waals surface area contributed by atoms with Crippen LogP contribution in [0.5, 0.6) is 0 Å². The number of pyridine rings is 1. The Morgan fingerprint density at radius 1 is 1.62 bits per heavy atom. The van der Waals surface area contributed by atoms with Crippen LogP contribution in [0, 0.1) is 6.92 Å². The summed E-state index contributed by atoms with van der Waals surface area (Å²) in [5, 5.41) is 0.680. The average Bonchev–Trinajstić information content (AvgIpc) is 2.21. The molecule has 1 rings (SSSR count). The van der Waals surface area contributed by atoms with Crippen molar-refractivity contribution in [2.24, 2.45) is 0 Å². The summed E-state index contributed by atoms with van der Waals surface area (Å²) < 4.78 is 0. The third-order valence-electron chi connectivity index (χ3n) is 2.03. The first kappa shape index (κ1) is 13.3. The minimum Gasteiger partial charge on any atom is -0.288 e. The van der Waals surface area contributed by atoms with E-state index in [-0.39, 0.29) is 5.12 Å². The summed E-state index contributed by atoms with van der Waals surface area (Å²) in [5.74, 6) is 0.808. The number of hydrogen-bond acceptors (Lipinski definition) is 3. The van der Waals surface area contributed by atoms with Gasteiger partial charge in [0.2, 0.25) is 0 Å². The molecular weight excluding hydrogens is 242 g/mol. The van der Waals surface area contributed by atoms with Crippen molar-refractivity contribution in [2.45, 2.75) is 20.3 Å². The molecule has 16 heavy (non-hydrogen) atoms. The zero-order chi connectivity index (χ0) is 12.0. The van der Waals surface area contributed by atoms with Gasteiger partial charge in [0.25, 0.3) is 0 Å². The first-order valence-electron chi connectivity index (χ1n) is 5.02. The van der Waals surface area contributed by atoms with E-state index in [1.54, 1.807) is 13.1 Å². The Balaban J connectivity index is 2.53. The van der Waals surface area contributed by atoms with Crippen LogP contribution in [0.15, 0.2) is 18.3 Å². The number of halogens is 1. The van der Waals surface area contributed by atoms with Gasteiger partial charge >= 0.3 is 0 Å². The van der Waals surface area contributed by atoms with E-state index >= 15 is 0 Å². The zero-order valence-corrected chi connectivity index (χ0v) is 10.9. The summed E-state index contributed by atoms with van der Waals surface area (Å²) in [7, 11) is 0. The lowest BCUT2D eigenvalue weighted by molar-refractivity contribution is -0.109. The van der Waals surface area contributed by atoms with Gasteiger partial charge in [-0.25, -0.2) is 4.98 Å². The van der Waals surface area contributed by atoms with E-state index in [1.165, 1.54) is 11.8 Å². The summed E-state index contributed by atoms with van der Waals surface area (Å²) in [5.41, 5.74) is 2.06. The molecule has 86 valence electrons. The quantitative estimate of drug-likeness (QED) is 0.607. The molecule has 0 unspecified atom stereocenters. The Morgan fingerprint density at radius 2 is 2.38 bits per heavy atom. The molecule has 0 aliphatic heterocycles. The second-order valence-electron chi connectivity index (χ2n) is 3.36. The molecule has 0 fully saturated rings. The molecule has 0 amide bonds. The Kier molecular flexibility index (Phi) is 5.56. The van der Waals surface area contributed by atoms with Gasteiger partial charge in [-0.05, 0) is 25.0 Å². The maximum absolute atomic E-state index is 10.7. The number of nitrogens with zero attached hydrogens (tertiary/aromatic N) is 1. The SMILES string of the molecule is CC(=O)SCCC=Cc1c(C)ccnc1Cl. The number of allylic oxidation sites excluding steroid dienone is 1. The number of carbonyl (C=O) groups is 1. The molecule has 0 saturated heterocycles. The molecule has 0 bridgehead atoms. The Hall–Kier alpha value is -0.800. The molecule has 0 atom stereocenters. The highest BCUT2D eigenvalue weighted by molar-refractivity contribution is 8.13. The van der Waals surface area contributed by atoms with Gasteiger partial charge in [-0.1, -0.05) is 35.5 Å². The molecule has 0 saturated carbocycles. The summed E-state index contributed by atoms with van der Waals surface area (Å²) in [6.45, 7) is 3.58. The third-order valence-corrected chi connectivity index (χ3v) is 3.18. The summed E-state index contributed by atoms with van der Waals surface area (Å²) in [4.78, 5) is 14.7. The Labute approximate surface area is 105 Å². The van der Waals surface area contributed by atoms with Gasteiger partial charge < -0.3 is 0 Å². The molecule has 0 aromatic carbocycles. The van der Waals surface area contributed by atoms with Gasteiger partial charge in [0, 0.05) is 24.4 Å². The van der Waals surface area contributed by atoms with E-state index in [9.17, 15) is 4.79 Å². The van der Waals surface area contributed by atoms with Gasteiger partial charge in [0.15, 0.2) is 5.12 Å². The van der Waals surface area contributed by atoms with Crippen LogP contribution < -0.4 is 0 Å². The van der Waals surface area contributed by atoms with Gasteiger partial charge in [0.1, 0.15) is 5.15 Å². The Morgan fingerprint density at radius 3 is 3.00 bits per heavy atom. The first-order chi connectivity index (χ1) is 7.61. The molecule has 0 spiro atoms. The lowest BCUT2D eigenvalue weighted by atomic mass is 10.1. The van der Waals surface area contributed by atoms with Crippen LogP contribution >= 0.6 is 23.4 Å². The van der Waals surface area contributed by atoms with E-state index in [1.807, 2.05) is 25.1 Å². The standard InChI is InChI=1S/C12H14ClNOS/c1-9-6-7-14-12(13)11(9)5-3-4-8-16-10(2)15/h3,5-7H,4,8H2,1-2H3. The number of aryl methyl sites for hydroxylation is 1. The van der Waals surface area contributed by atoms with Crippen LogP contribution in [0.3, 0.4) is 0 Å². The molecule has 1 aromatic rings. The van der Waals surface area contributed by atoms with Crippen LogP contribution in [0.1, 0.15) is 24.5 Å². The minimum absolute atomic E-state index is 0.156. The third kappa shape index (κ3) is 4.37. The minimum atomic E-state index is 0.156. The zero-order valence-electron chi connectivity index (χ0n) is 9.37. The molecule has 0 aliphatic carbocycles. The van der Waals surface area contributed by atoms with Crippen LogP contribution in [0.4, 0.5) is 0 Å². The fraction of sp³-hybridized carbons (Fsp3) is 0.333. The highest BCUT2D eigenvalue weighted by Gasteiger charge is 2.00. The maximum atomic E-state index is 10.7. The second kappa shape index (κ2) is 6.71. The predicted octanol–water partition coefficient (Wildman–Crippen LogP) is 3.73. The lowest BCUT2D eigenvalue weighted by Gasteiger charge is -2.01. The molecular formula is C12H14ClNOS. The fourth-order valence-corrected chi connectivity index (χ4v) is 2.02. The number of rotatable bonds is 4. The summed E-state index contributed by atoms with van der Waals surface area (Å²) >= 11 is 7.31. The maximum Gasteiger partial charge on any atom is 0.185 e. The lowest BCUT2D eigenvalue weighted by Crippen LogP contribution is -1.86. The first-order valence-corrected chi connectivity index (χ1v) is 6.38. The normalized spacial score (nSPS) is 10.9. The molecule has 0 aliphatic rings. The summed E-state index contributed by atoms with van der Waals surface area (Å²) in [6, 6.07) is 1.93. The molecule has 2 nitrogen and oxygen atoms in total. The van der Waals surface area contributed by atoms with Crippen LogP contribution in [0.25, 0.3) is 6.08 Å². The van der Waals surface area contributed by atoms with Crippen molar-refractivity contribution in [3.8, 4) is 0 Å². The van der Waals surface area contributed by atoms with Crippen molar-refractivity contribution in [3.05, 3.63) is 34.6 Å².